The molecule has 0 aliphatic rings. The topological polar surface area (TPSA) is 38.0 Å². The molecule has 0 unspecified atom stereocenters. The number of hydrogen-bond acceptors (Lipinski definition) is 3. The Morgan fingerprint density at radius 3 is 1.64 bits per heavy atom. The number of aromatic nitrogens is 2. The Hall–Kier alpha value is -9.56. The van der Waals surface area contributed by atoms with Gasteiger partial charge in [0.2, 0.25) is 5.69 Å². The monoisotopic (exact) mass is 994 g/mol. The summed E-state index contributed by atoms with van der Waals surface area (Å²) in [6.45, 7) is 9.53. The summed E-state index contributed by atoms with van der Waals surface area (Å²) in [5.74, 6) is 0. The van der Waals surface area contributed by atoms with Crippen LogP contribution < -0.4 is 0 Å². The van der Waals surface area contributed by atoms with Gasteiger partial charge in [0.25, 0.3) is 0 Å². The lowest BCUT2D eigenvalue weighted by molar-refractivity contribution is 1.14. The van der Waals surface area contributed by atoms with E-state index in [-0.39, 0.29) is 50.2 Å². The first-order valence-electron chi connectivity index (χ1n) is 33.0. The van der Waals surface area contributed by atoms with Gasteiger partial charge < -0.3 is 9.13 Å². The van der Waals surface area contributed by atoms with E-state index in [1.54, 1.807) is 57.7 Å². The Bertz CT molecular complexity index is 6050. The molecule has 4 aromatic heterocycles. The fraction of sp³-hybridized carbons (Fsp3) is 0. The molecule has 0 aliphatic carbocycles. The standard InChI is InChI=1S/C68H38N4S2/c1-70-61-59(43-23-10-4-11-24-43)55(40-69)62(60(44-25-12-5-13-26-44)65(61)71-56-31-16-14-27-47(56)48-34-33-45(39-57(48)71)41-19-6-2-7-20-41)72-63-50(35-37-53-49-28-15-17-32-58(49)73-67(53)63)51-36-38-54-52-30-18-29-46(42-21-8-3-9-22-42)66(52)74-68(54)64(51)72/h2-39H/i2D,3D,4D,5D,6D,7D,8D,9D,10D,11D,12D,13D,19D,20D,21D,22D,23D,24D,25D,26D. The molecule has 0 fully saturated rings. The summed E-state index contributed by atoms with van der Waals surface area (Å²) in [6.07, 6.45) is 0. The zero-order valence-electron chi connectivity index (χ0n) is 58.0. The number of thiophene rings is 2. The van der Waals surface area contributed by atoms with Crippen molar-refractivity contribution in [3.05, 3.63) is 247 Å². The van der Waals surface area contributed by atoms with Gasteiger partial charge in [-0.25, -0.2) is 4.85 Å². The smallest absolute Gasteiger partial charge is 0.220 e. The summed E-state index contributed by atoms with van der Waals surface area (Å²) in [5, 5.41) is 17.2. The molecule has 0 atom stereocenters. The summed E-state index contributed by atoms with van der Waals surface area (Å²) in [6, 6.07) is 20.5. The highest BCUT2D eigenvalue weighted by Crippen LogP contribution is 2.55. The molecule has 6 heteroatoms. The summed E-state index contributed by atoms with van der Waals surface area (Å²) in [5.41, 5.74) is -2.50. The quantitative estimate of drug-likeness (QED) is 0.153. The van der Waals surface area contributed by atoms with Crippen molar-refractivity contribution in [1.82, 2.24) is 9.13 Å². The van der Waals surface area contributed by atoms with E-state index in [0.717, 1.165) is 15.5 Å². The summed E-state index contributed by atoms with van der Waals surface area (Å²) >= 11 is 2.57. The molecule has 0 amide bonds. The molecule has 342 valence electrons. The lowest BCUT2D eigenvalue weighted by atomic mass is 9.88. The van der Waals surface area contributed by atoms with Crippen molar-refractivity contribution in [3.63, 3.8) is 0 Å². The SMILES string of the molecule is [2H]c1c([2H])c([2H])c(-c2ccc3c4ccccc4n(-c4c([N+]#[C-])c(-c5c([2H])c([2H])c([2H])c([2H])c5[2H])c(C#N)c(-n5c6c(ccc7c8ccccc8sc76)c6ccc7c8cccc(-c9c([2H])c([2H])c([2H])c([2H])c9[2H])c8sc7c65)c4-c4c([2H])c([2H])c([2H])c([2H])c4[2H])c3c2)c([2H])c1[2H]. The van der Waals surface area contributed by atoms with E-state index >= 15 is 0 Å². The van der Waals surface area contributed by atoms with Crippen LogP contribution in [-0.2, 0) is 0 Å². The van der Waals surface area contributed by atoms with Crippen LogP contribution >= 0.6 is 22.7 Å². The molecule has 0 radical (unpaired) electrons. The third-order valence-electron chi connectivity index (χ3n) is 13.7. The van der Waals surface area contributed by atoms with E-state index in [4.69, 9.17) is 16.4 Å². The molecule has 4 heterocycles. The second-order valence-corrected chi connectivity index (χ2v) is 19.4. The zero-order chi connectivity index (χ0) is 66.4. The molecule has 15 rings (SSSR count). The lowest BCUT2D eigenvalue weighted by Gasteiger charge is -2.26. The normalized spacial score (nSPS) is 15.5. The van der Waals surface area contributed by atoms with Crippen molar-refractivity contribution in [2.75, 3.05) is 0 Å². The van der Waals surface area contributed by atoms with Crippen molar-refractivity contribution >= 4 is 112 Å². The number of hydrogen-bond donors (Lipinski definition) is 0. The average Bonchev–Trinajstić information content (AvgIpc) is 1.41. The van der Waals surface area contributed by atoms with Gasteiger partial charge in [-0.05, 0) is 51.6 Å². The van der Waals surface area contributed by atoms with Crippen LogP contribution in [0.2, 0.25) is 0 Å². The van der Waals surface area contributed by atoms with Gasteiger partial charge in [0, 0.05) is 63.6 Å². The minimum absolute atomic E-state index is 0.0780. The average molecular weight is 995 g/mol. The van der Waals surface area contributed by atoms with Crippen LogP contribution in [-0.4, -0.2) is 9.13 Å². The number of nitrogens with zero attached hydrogens (tertiary/aromatic N) is 4. The summed E-state index contributed by atoms with van der Waals surface area (Å²) in [4.78, 5) is 4.20. The van der Waals surface area contributed by atoms with E-state index in [2.05, 4.69) is 10.9 Å². The maximum absolute atomic E-state index is 12.6. The highest BCUT2D eigenvalue weighted by Gasteiger charge is 2.33. The van der Waals surface area contributed by atoms with Gasteiger partial charge in [0.05, 0.1) is 82.4 Å². The highest BCUT2D eigenvalue weighted by molar-refractivity contribution is 7.27. The van der Waals surface area contributed by atoms with Gasteiger partial charge in [-0.15, -0.1) is 22.7 Å². The molecule has 0 aliphatic heterocycles. The van der Waals surface area contributed by atoms with Crippen molar-refractivity contribution in [2.24, 2.45) is 0 Å². The number of nitriles is 1. The molecule has 0 N–H and O–H groups in total. The summed E-state index contributed by atoms with van der Waals surface area (Å²) in [7, 11) is 0. The second-order valence-electron chi connectivity index (χ2n) is 17.4. The van der Waals surface area contributed by atoms with Crippen LogP contribution in [0.1, 0.15) is 33.0 Å². The van der Waals surface area contributed by atoms with Crippen LogP contribution in [0, 0.1) is 17.9 Å². The van der Waals surface area contributed by atoms with Crippen molar-refractivity contribution in [1.29, 1.82) is 5.26 Å². The minimum Gasteiger partial charge on any atom is -0.318 e. The molecule has 0 saturated heterocycles. The first-order valence-corrected chi connectivity index (χ1v) is 24.7. The van der Waals surface area contributed by atoms with Crippen LogP contribution in [0.15, 0.2) is 230 Å². The minimum atomic E-state index is -0.834. The van der Waals surface area contributed by atoms with Gasteiger partial charge in [0.15, 0.2) is 0 Å². The van der Waals surface area contributed by atoms with Crippen LogP contribution in [0.5, 0.6) is 0 Å². The van der Waals surface area contributed by atoms with E-state index in [9.17, 15) is 22.8 Å². The van der Waals surface area contributed by atoms with Crippen molar-refractivity contribution in [3.8, 4) is 62.0 Å². The number of fused-ring (bicyclic) bond motifs is 14. The molecule has 0 bridgehead atoms. The van der Waals surface area contributed by atoms with Crippen LogP contribution in [0.3, 0.4) is 0 Å². The first kappa shape index (κ1) is 26.8. The Kier molecular flexibility index (Phi) is 5.97. The number of benzene rings is 11. The fourth-order valence-corrected chi connectivity index (χ4v) is 13.4. The third kappa shape index (κ3) is 6.05. The van der Waals surface area contributed by atoms with Gasteiger partial charge >= 0.3 is 0 Å². The third-order valence-corrected chi connectivity index (χ3v) is 16.2. The zero-order valence-corrected chi connectivity index (χ0v) is 39.6. The highest BCUT2D eigenvalue weighted by atomic mass is 32.1. The van der Waals surface area contributed by atoms with Gasteiger partial charge in [0.1, 0.15) is 6.07 Å². The molecule has 4 nitrogen and oxygen atoms in total. The molecule has 11 aromatic carbocycles. The summed E-state index contributed by atoms with van der Waals surface area (Å²) < 4.78 is 189. The first-order chi connectivity index (χ1) is 45.0. The largest absolute Gasteiger partial charge is 0.318 e. The van der Waals surface area contributed by atoms with Gasteiger partial charge in [-0.2, -0.15) is 5.26 Å². The van der Waals surface area contributed by atoms with E-state index in [0.29, 0.717) is 57.5 Å². The van der Waals surface area contributed by atoms with E-state index in [1.807, 2.05) is 54.6 Å². The molecule has 0 saturated carbocycles. The maximum atomic E-state index is 12.6. The lowest BCUT2D eigenvalue weighted by Crippen LogP contribution is -2.09. The van der Waals surface area contributed by atoms with Crippen LogP contribution in [0.25, 0.3) is 145 Å². The Morgan fingerprint density at radius 2 is 0.959 bits per heavy atom. The van der Waals surface area contributed by atoms with Gasteiger partial charge in [-0.1, -0.05) is 212 Å². The Morgan fingerprint density at radius 1 is 0.432 bits per heavy atom. The van der Waals surface area contributed by atoms with Crippen LogP contribution in [0.4, 0.5) is 5.69 Å². The molecule has 15 aromatic rings. The predicted molar refractivity (Wildman–Crippen MR) is 314 cm³/mol. The molecule has 74 heavy (non-hydrogen) atoms. The predicted octanol–water partition coefficient (Wildman–Crippen LogP) is 19.7. The van der Waals surface area contributed by atoms with Crippen molar-refractivity contribution in [2.45, 2.75) is 0 Å². The van der Waals surface area contributed by atoms with E-state index in [1.165, 1.54) is 28.7 Å². The molecule has 0 spiro atoms. The second kappa shape index (κ2) is 16.5. The molecular weight excluding hydrogens is 937 g/mol. The fourth-order valence-electron chi connectivity index (χ4n) is 10.8. The Balaban J connectivity index is 1.28. The van der Waals surface area contributed by atoms with Gasteiger partial charge in [-0.3, -0.25) is 0 Å². The Labute approximate surface area is 461 Å². The maximum Gasteiger partial charge on any atom is 0.220 e. The van der Waals surface area contributed by atoms with Crippen molar-refractivity contribution < 1.29 is 27.4 Å². The number of rotatable bonds is 6. The number of para-hydroxylation sites is 1. The molecular formula is C68H38N4S2. The van der Waals surface area contributed by atoms with E-state index < -0.39 is 149 Å².